The molecule has 0 radical (unpaired) electrons. The smallest absolute Gasteiger partial charge is 0.218 e. The second kappa shape index (κ2) is 5.78. The molecule has 0 aromatic carbocycles. The van der Waals surface area contributed by atoms with Crippen LogP contribution in [0.4, 0.5) is 0 Å². The van der Waals surface area contributed by atoms with Crippen LogP contribution in [0.3, 0.4) is 0 Å². The maximum absolute atomic E-state index is 10.6. The Balaban J connectivity index is 2.12. The number of hydrogen-bond donors (Lipinski definition) is 2. The summed E-state index contributed by atoms with van der Waals surface area (Å²) in [5.74, 6) is -0.249. The lowest BCUT2D eigenvalue weighted by Crippen LogP contribution is -2.32. The van der Waals surface area contributed by atoms with Gasteiger partial charge in [-0.1, -0.05) is 6.07 Å². The van der Waals surface area contributed by atoms with Crippen LogP contribution < -0.4 is 11.1 Å². The van der Waals surface area contributed by atoms with Crippen LogP contribution in [-0.2, 0) is 11.2 Å². The summed E-state index contributed by atoms with van der Waals surface area (Å²) in [5, 5.41) is 5.33. The van der Waals surface area contributed by atoms with Crippen molar-refractivity contribution in [1.29, 1.82) is 0 Å². The van der Waals surface area contributed by atoms with Gasteiger partial charge in [-0.05, 0) is 24.8 Å². The Hall–Kier alpha value is -0.870. The third-order valence-corrected chi connectivity index (χ3v) is 2.89. The summed E-state index contributed by atoms with van der Waals surface area (Å²) in [4.78, 5) is 12.0. The first-order chi connectivity index (χ1) is 6.68. The van der Waals surface area contributed by atoms with Gasteiger partial charge in [-0.15, -0.1) is 11.3 Å². The number of nitrogens with one attached hydrogen (secondary N) is 1. The van der Waals surface area contributed by atoms with Crippen molar-refractivity contribution in [2.45, 2.75) is 25.8 Å². The van der Waals surface area contributed by atoms with E-state index in [9.17, 15) is 4.79 Å². The summed E-state index contributed by atoms with van der Waals surface area (Å²) < 4.78 is 0. The quantitative estimate of drug-likeness (QED) is 0.743. The molecule has 3 N–H and O–H groups in total. The largest absolute Gasteiger partial charge is 0.370 e. The molecular formula is C10H16N2OS. The Kier molecular flexibility index (Phi) is 4.62. The van der Waals surface area contributed by atoms with Crippen molar-refractivity contribution in [2.75, 3.05) is 6.54 Å². The summed E-state index contributed by atoms with van der Waals surface area (Å²) in [7, 11) is 0. The average Bonchev–Trinajstić information content (AvgIpc) is 2.55. The normalized spacial score (nSPS) is 12.6. The summed E-state index contributed by atoms with van der Waals surface area (Å²) in [6.07, 6.45) is 1.42. The molecule has 1 aromatic rings. The number of carbonyl (C=O) groups is 1. The maximum atomic E-state index is 10.6. The van der Waals surface area contributed by atoms with Gasteiger partial charge >= 0.3 is 0 Å². The first kappa shape index (κ1) is 11.2. The minimum Gasteiger partial charge on any atom is -0.370 e. The van der Waals surface area contributed by atoms with Gasteiger partial charge in [0.15, 0.2) is 0 Å². The van der Waals surface area contributed by atoms with E-state index >= 15 is 0 Å². The lowest BCUT2D eigenvalue weighted by Gasteiger charge is -2.10. The highest BCUT2D eigenvalue weighted by Crippen LogP contribution is 2.08. The summed E-state index contributed by atoms with van der Waals surface area (Å²) in [6.45, 7) is 2.87. The van der Waals surface area contributed by atoms with Crippen LogP contribution in [0.5, 0.6) is 0 Å². The molecule has 1 rings (SSSR count). The van der Waals surface area contributed by atoms with Gasteiger partial charge in [-0.25, -0.2) is 0 Å². The van der Waals surface area contributed by atoms with Crippen LogP contribution in [0.1, 0.15) is 18.2 Å². The number of amides is 1. The first-order valence-corrected chi connectivity index (χ1v) is 5.60. The van der Waals surface area contributed by atoms with E-state index < -0.39 is 0 Å². The average molecular weight is 212 g/mol. The fraction of sp³-hybridized carbons (Fsp3) is 0.500. The van der Waals surface area contributed by atoms with E-state index in [0.29, 0.717) is 6.42 Å². The third kappa shape index (κ3) is 4.39. The molecule has 0 bridgehead atoms. The Bertz CT molecular complexity index is 272. The Morgan fingerprint density at radius 2 is 2.50 bits per heavy atom. The number of rotatable bonds is 6. The minimum absolute atomic E-state index is 0.174. The van der Waals surface area contributed by atoms with Gasteiger partial charge in [-0.2, -0.15) is 0 Å². The van der Waals surface area contributed by atoms with E-state index in [1.807, 2.05) is 13.0 Å². The van der Waals surface area contributed by atoms with Crippen molar-refractivity contribution < 1.29 is 4.79 Å². The number of carbonyl (C=O) groups excluding carboxylic acids is 1. The van der Waals surface area contributed by atoms with E-state index in [4.69, 9.17) is 5.73 Å². The van der Waals surface area contributed by atoms with Crippen LogP contribution in [-0.4, -0.2) is 18.5 Å². The highest BCUT2D eigenvalue weighted by Gasteiger charge is 2.04. The molecule has 1 aromatic heterocycles. The van der Waals surface area contributed by atoms with Crippen molar-refractivity contribution in [1.82, 2.24) is 5.32 Å². The van der Waals surface area contributed by atoms with Crippen LogP contribution >= 0.6 is 11.3 Å². The Morgan fingerprint density at radius 1 is 1.71 bits per heavy atom. The van der Waals surface area contributed by atoms with Crippen molar-refractivity contribution in [3.05, 3.63) is 22.4 Å². The third-order valence-electron chi connectivity index (χ3n) is 1.95. The fourth-order valence-electron chi connectivity index (χ4n) is 1.27. The molecule has 0 fully saturated rings. The van der Waals surface area contributed by atoms with Crippen molar-refractivity contribution in [2.24, 2.45) is 5.73 Å². The number of primary amides is 1. The van der Waals surface area contributed by atoms with E-state index in [-0.39, 0.29) is 11.9 Å². The molecule has 4 heteroatoms. The van der Waals surface area contributed by atoms with E-state index in [1.165, 1.54) is 4.88 Å². The molecule has 0 aliphatic rings. The monoisotopic (exact) mass is 212 g/mol. The zero-order valence-corrected chi connectivity index (χ0v) is 9.14. The lowest BCUT2D eigenvalue weighted by atomic mass is 10.2. The summed E-state index contributed by atoms with van der Waals surface area (Å²) in [5.41, 5.74) is 5.08. The topological polar surface area (TPSA) is 55.1 Å². The van der Waals surface area contributed by atoms with Gasteiger partial charge in [0.25, 0.3) is 0 Å². The summed E-state index contributed by atoms with van der Waals surface area (Å²) in [6, 6.07) is 4.34. The standard InChI is InChI=1S/C10H16N2OS/c1-8(7-10(11)13)12-5-4-9-3-2-6-14-9/h2-3,6,8,12H,4-5,7H2,1H3,(H2,11,13). The molecule has 1 unspecified atom stereocenters. The second-order valence-corrected chi connectivity index (χ2v) is 4.39. The molecule has 0 aliphatic carbocycles. The lowest BCUT2D eigenvalue weighted by molar-refractivity contribution is -0.118. The van der Waals surface area contributed by atoms with Gasteiger partial charge in [0.2, 0.25) is 5.91 Å². The molecule has 0 aliphatic heterocycles. The van der Waals surface area contributed by atoms with Crippen molar-refractivity contribution >= 4 is 17.2 Å². The SMILES string of the molecule is CC(CC(N)=O)NCCc1cccs1. The van der Waals surface area contributed by atoms with Crippen LogP contribution in [0.25, 0.3) is 0 Å². The molecule has 0 saturated carbocycles. The van der Waals surface area contributed by atoms with E-state index in [0.717, 1.165) is 13.0 Å². The van der Waals surface area contributed by atoms with Crippen LogP contribution in [0.15, 0.2) is 17.5 Å². The van der Waals surface area contributed by atoms with Gasteiger partial charge in [0, 0.05) is 23.9 Å². The molecule has 3 nitrogen and oxygen atoms in total. The molecule has 1 atom stereocenters. The Morgan fingerprint density at radius 3 is 3.07 bits per heavy atom. The predicted molar refractivity (Wildman–Crippen MR) is 59.3 cm³/mol. The maximum Gasteiger partial charge on any atom is 0.218 e. The van der Waals surface area contributed by atoms with Crippen LogP contribution in [0.2, 0.25) is 0 Å². The molecular weight excluding hydrogens is 196 g/mol. The van der Waals surface area contributed by atoms with Gasteiger partial charge < -0.3 is 11.1 Å². The highest BCUT2D eigenvalue weighted by atomic mass is 32.1. The second-order valence-electron chi connectivity index (χ2n) is 3.35. The fourth-order valence-corrected chi connectivity index (χ4v) is 1.98. The van der Waals surface area contributed by atoms with Gasteiger partial charge in [0.05, 0.1) is 0 Å². The molecule has 1 amide bonds. The molecule has 0 spiro atoms. The Labute approximate surface area is 88.3 Å². The molecule has 78 valence electrons. The highest BCUT2D eigenvalue weighted by molar-refractivity contribution is 7.09. The number of nitrogens with two attached hydrogens (primary N) is 1. The number of thiophene rings is 1. The van der Waals surface area contributed by atoms with Crippen molar-refractivity contribution in [3.8, 4) is 0 Å². The first-order valence-electron chi connectivity index (χ1n) is 4.72. The van der Waals surface area contributed by atoms with E-state index in [2.05, 4.69) is 16.8 Å². The van der Waals surface area contributed by atoms with Crippen LogP contribution in [0, 0.1) is 0 Å². The summed E-state index contributed by atoms with van der Waals surface area (Å²) >= 11 is 1.76. The molecule has 0 saturated heterocycles. The van der Waals surface area contributed by atoms with E-state index in [1.54, 1.807) is 11.3 Å². The van der Waals surface area contributed by atoms with Gasteiger partial charge in [-0.3, -0.25) is 4.79 Å². The minimum atomic E-state index is -0.249. The zero-order chi connectivity index (χ0) is 10.4. The number of hydrogen-bond acceptors (Lipinski definition) is 3. The van der Waals surface area contributed by atoms with Gasteiger partial charge in [0.1, 0.15) is 0 Å². The predicted octanol–water partition coefficient (Wildman–Crippen LogP) is 1.14. The molecule has 1 heterocycles. The zero-order valence-electron chi connectivity index (χ0n) is 8.32. The van der Waals surface area contributed by atoms with Crippen molar-refractivity contribution in [3.63, 3.8) is 0 Å². The molecule has 14 heavy (non-hydrogen) atoms.